The van der Waals surface area contributed by atoms with E-state index in [2.05, 4.69) is 10.6 Å². The monoisotopic (exact) mass is 551 g/mol. The van der Waals surface area contributed by atoms with Crippen LogP contribution >= 0.6 is 0 Å². The highest BCUT2D eigenvalue weighted by Gasteiger charge is 2.55. The topological polar surface area (TPSA) is 131 Å². The molecular weight excluding hydrogens is 515 g/mol. The number of fused-ring (bicyclic) bond motifs is 2. The van der Waals surface area contributed by atoms with E-state index in [-0.39, 0.29) is 35.6 Å². The summed E-state index contributed by atoms with van der Waals surface area (Å²) in [6.45, 7) is 0.511. The van der Waals surface area contributed by atoms with Gasteiger partial charge in [-0.15, -0.1) is 0 Å². The molecule has 2 bridgehead atoms. The maximum Gasteiger partial charge on any atom is 0.471 e. The lowest BCUT2D eigenvalue weighted by Crippen LogP contribution is -2.61. The van der Waals surface area contributed by atoms with E-state index in [0.717, 1.165) is 32.1 Å². The van der Waals surface area contributed by atoms with E-state index in [0.29, 0.717) is 45.1 Å². The summed E-state index contributed by atoms with van der Waals surface area (Å²) < 4.78 is 39.8. The Morgan fingerprint density at radius 3 is 2.36 bits per heavy atom. The quantitative estimate of drug-likeness (QED) is 0.447. The van der Waals surface area contributed by atoms with Crippen molar-refractivity contribution in [1.29, 1.82) is 5.26 Å². The van der Waals surface area contributed by atoms with Crippen molar-refractivity contribution < 1.29 is 32.3 Å². The molecule has 0 radical (unpaired) electrons. The Hall–Kier alpha value is -2.84. The zero-order chi connectivity index (χ0) is 27.9. The second kappa shape index (κ2) is 10.6. The van der Waals surface area contributed by atoms with E-state index < -0.39 is 47.9 Å². The number of piperidine rings is 1. The summed E-state index contributed by atoms with van der Waals surface area (Å²) in [5.41, 5.74) is 0.218. The third-order valence-corrected chi connectivity index (χ3v) is 10.1. The fraction of sp³-hybridized carbons (Fsp3) is 0.815. The normalized spacial score (nSPS) is 31.2. The molecule has 0 aromatic rings. The number of alkyl halides is 3. The number of amides is 4. The Kier molecular flexibility index (Phi) is 7.55. The van der Waals surface area contributed by atoms with Crippen LogP contribution in [0.15, 0.2) is 0 Å². The molecule has 5 aliphatic rings. The molecule has 12 heteroatoms. The van der Waals surface area contributed by atoms with Crippen molar-refractivity contribution in [3.63, 3.8) is 0 Å². The highest BCUT2D eigenvalue weighted by atomic mass is 19.4. The fourth-order valence-electron chi connectivity index (χ4n) is 7.73. The molecule has 2 saturated heterocycles. The van der Waals surface area contributed by atoms with Crippen LogP contribution in [0.2, 0.25) is 0 Å². The van der Waals surface area contributed by atoms with E-state index in [1.807, 2.05) is 11.4 Å². The number of likely N-dealkylation sites (tertiary alicyclic amines) is 1. The van der Waals surface area contributed by atoms with Crippen molar-refractivity contribution >= 4 is 23.6 Å². The summed E-state index contributed by atoms with van der Waals surface area (Å²) >= 11 is 0. The van der Waals surface area contributed by atoms with E-state index in [9.17, 15) is 37.6 Å². The maximum atomic E-state index is 14.0. The molecule has 2 aliphatic heterocycles. The highest BCUT2D eigenvalue weighted by Crippen LogP contribution is 2.53. The minimum absolute atomic E-state index is 0.150. The number of nitrogens with one attached hydrogen (secondary N) is 3. The number of hydrogen-bond donors (Lipinski definition) is 3. The number of carbonyl (C=O) groups is 4. The molecule has 214 valence electrons. The first-order chi connectivity index (χ1) is 18.5. The number of nitriles is 1. The zero-order valence-corrected chi connectivity index (χ0v) is 21.9. The van der Waals surface area contributed by atoms with E-state index in [1.165, 1.54) is 4.90 Å². The number of halogens is 3. The first-order valence-corrected chi connectivity index (χ1v) is 14.2. The Balaban J connectivity index is 1.33. The number of carbonyl (C=O) groups excluding carboxylic acids is 4. The van der Waals surface area contributed by atoms with Gasteiger partial charge in [-0.05, 0) is 87.9 Å². The SMILES string of the molecule is N#C[C@H](C[C@@H]1CCNC1=O)NC(=O)[C@@H]1[C@H]2CC[C@H](C2)N1C(=O)[C@@H](NC(=O)C(F)(F)F)C1CCC2(CCC2)CC1. The van der Waals surface area contributed by atoms with Crippen LogP contribution in [0.1, 0.15) is 77.0 Å². The fourth-order valence-corrected chi connectivity index (χ4v) is 7.73. The molecule has 0 aromatic carbocycles. The van der Waals surface area contributed by atoms with Crippen molar-refractivity contribution in [2.45, 2.75) is 107 Å². The summed E-state index contributed by atoms with van der Waals surface area (Å²) in [5.74, 6) is -4.48. The molecule has 0 aromatic heterocycles. The third-order valence-electron chi connectivity index (χ3n) is 10.1. The van der Waals surface area contributed by atoms with E-state index in [4.69, 9.17) is 0 Å². The molecule has 1 spiro atoms. The van der Waals surface area contributed by atoms with Gasteiger partial charge in [0, 0.05) is 18.5 Å². The van der Waals surface area contributed by atoms with E-state index >= 15 is 0 Å². The van der Waals surface area contributed by atoms with Crippen LogP contribution in [0.3, 0.4) is 0 Å². The molecule has 4 amide bonds. The van der Waals surface area contributed by atoms with Crippen LogP contribution < -0.4 is 16.0 Å². The molecule has 3 saturated carbocycles. The molecular formula is C27H36F3N5O4. The summed E-state index contributed by atoms with van der Waals surface area (Å²) in [6.07, 6.45) is 3.53. The van der Waals surface area contributed by atoms with Crippen LogP contribution in [-0.2, 0) is 19.2 Å². The predicted molar refractivity (Wildman–Crippen MR) is 131 cm³/mol. The van der Waals surface area contributed by atoms with E-state index in [1.54, 1.807) is 0 Å². The average Bonchev–Trinajstić information content (AvgIpc) is 3.61. The Morgan fingerprint density at radius 2 is 1.79 bits per heavy atom. The van der Waals surface area contributed by atoms with Gasteiger partial charge in [-0.1, -0.05) is 6.42 Å². The van der Waals surface area contributed by atoms with Gasteiger partial charge in [0.2, 0.25) is 17.7 Å². The molecule has 0 unspecified atom stereocenters. The van der Waals surface area contributed by atoms with Gasteiger partial charge < -0.3 is 20.9 Å². The third kappa shape index (κ3) is 5.46. The lowest BCUT2D eigenvalue weighted by molar-refractivity contribution is -0.176. The highest BCUT2D eigenvalue weighted by molar-refractivity contribution is 5.94. The Bertz CT molecular complexity index is 1050. The van der Waals surface area contributed by atoms with Crippen LogP contribution in [0.5, 0.6) is 0 Å². The first-order valence-electron chi connectivity index (χ1n) is 14.2. The van der Waals surface area contributed by atoms with Crippen molar-refractivity contribution in [2.75, 3.05) is 6.54 Å². The van der Waals surface area contributed by atoms with Crippen LogP contribution in [-0.4, -0.2) is 65.4 Å². The smallest absolute Gasteiger partial charge is 0.356 e. The molecule has 39 heavy (non-hydrogen) atoms. The predicted octanol–water partition coefficient (Wildman–Crippen LogP) is 2.31. The van der Waals surface area contributed by atoms with Gasteiger partial charge in [-0.3, -0.25) is 19.2 Å². The largest absolute Gasteiger partial charge is 0.471 e. The van der Waals surface area contributed by atoms with Crippen LogP contribution in [0.25, 0.3) is 0 Å². The zero-order valence-electron chi connectivity index (χ0n) is 21.9. The van der Waals surface area contributed by atoms with Crippen molar-refractivity contribution in [3.8, 4) is 6.07 Å². The molecule has 3 N–H and O–H groups in total. The summed E-state index contributed by atoms with van der Waals surface area (Å²) in [5, 5.41) is 17.0. The Labute approximate surface area is 225 Å². The molecule has 5 rings (SSSR count). The molecule has 2 heterocycles. The summed E-state index contributed by atoms with van der Waals surface area (Å²) in [6, 6.07) is -1.48. The average molecular weight is 552 g/mol. The Morgan fingerprint density at radius 1 is 1.08 bits per heavy atom. The van der Waals surface area contributed by atoms with Gasteiger partial charge in [0.15, 0.2) is 0 Å². The van der Waals surface area contributed by atoms with Crippen LogP contribution in [0, 0.1) is 34.5 Å². The lowest BCUT2D eigenvalue weighted by Gasteiger charge is -2.48. The van der Waals surface area contributed by atoms with Crippen molar-refractivity contribution in [2.24, 2.45) is 23.2 Å². The minimum Gasteiger partial charge on any atom is -0.356 e. The molecule has 5 fully saturated rings. The van der Waals surface area contributed by atoms with Gasteiger partial charge >= 0.3 is 12.1 Å². The van der Waals surface area contributed by atoms with Gasteiger partial charge in [0.1, 0.15) is 18.1 Å². The summed E-state index contributed by atoms with van der Waals surface area (Å²) in [7, 11) is 0. The number of nitrogens with zero attached hydrogens (tertiary/aromatic N) is 2. The van der Waals surface area contributed by atoms with Crippen LogP contribution in [0.4, 0.5) is 13.2 Å². The second-order valence-electron chi connectivity index (χ2n) is 12.3. The molecule has 9 nitrogen and oxygen atoms in total. The second-order valence-corrected chi connectivity index (χ2v) is 12.3. The maximum absolute atomic E-state index is 14.0. The standard InChI is InChI=1S/C27H36F3N5O4/c28-27(29,30)25(39)34-20(15-4-9-26(10-5-15)7-1-8-26)24(38)35-19-3-2-16(13-19)21(35)23(37)33-18(14-31)12-17-6-11-32-22(17)36/h15-21H,1-13H2,(H,32,36)(H,33,37)(H,34,39)/t16-,17-,18-,19+,20-,21-/m0/s1. The van der Waals surface area contributed by atoms with Crippen molar-refractivity contribution in [3.05, 3.63) is 0 Å². The number of hydrogen-bond acceptors (Lipinski definition) is 5. The van der Waals surface area contributed by atoms with Gasteiger partial charge in [-0.2, -0.15) is 18.4 Å². The van der Waals surface area contributed by atoms with Gasteiger partial charge in [0.05, 0.1) is 6.07 Å². The van der Waals surface area contributed by atoms with Gasteiger partial charge in [-0.25, -0.2) is 0 Å². The number of rotatable bonds is 7. The van der Waals surface area contributed by atoms with Crippen molar-refractivity contribution in [1.82, 2.24) is 20.9 Å². The lowest BCUT2D eigenvalue weighted by atomic mass is 9.58. The molecule has 3 aliphatic carbocycles. The summed E-state index contributed by atoms with van der Waals surface area (Å²) in [4.78, 5) is 52.8. The van der Waals surface area contributed by atoms with Gasteiger partial charge in [0.25, 0.3) is 0 Å². The molecule has 6 atom stereocenters. The minimum atomic E-state index is -5.13. The first kappa shape index (κ1) is 27.7.